The predicted molar refractivity (Wildman–Crippen MR) is 89.0 cm³/mol. The second-order valence-corrected chi connectivity index (χ2v) is 6.16. The molecule has 1 aromatic heterocycles. The van der Waals surface area contributed by atoms with Gasteiger partial charge in [0.15, 0.2) is 5.13 Å². The normalized spacial score (nSPS) is 10.2. The highest BCUT2D eigenvalue weighted by molar-refractivity contribution is 7.17. The van der Waals surface area contributed by atoms with Crippen LogP contribution >= 0.6 is 22.9 Å². The van der Waals surface area contributed by atoms with Gasteiger partial charge in [-0.1, -0.05) is 29.0 Å². The minimum absolute atomic E-state index is 0.140. The first-order chi connectivity index (χ1) is 10.4. The molecule has 0 aliphatic rings. The van der Waals surface area contributed by atoms with Gasteiger partial charge in [0.2, 0.25) is 0 Å². The van der Waals surface area contributed by atoms with Crippen LogP contribution in [0.2, 0.25) is 5.02 Å². The molecule has 2 aromatic rings. The fourth-order valence-electron chi connectivity index (χ4n) is 1.68. The maximum Gasteiger partial charge on any atom is 0.325 e. The molecule has 0 atom stereocenters. The Bertz CT molecular complexity index is 715. The molecule has 0 spiro atoms. The molecule has 0 aliphatic heterocycles. The molecule has 2 rings (SSSR count). The smallest absolute Gasteiger partial charge is 0.325 e. The standard InChI is InChI=1S/C14H15ClN4O2S/c1-8-11(12(20)19(2)3)22-14(16-8)18-13(21)17-10-6-4-5-9(15)7-10/h4-7H,1-3H3,(H2,16,17,18,21). The van der Waals surface area contributed by atoms with E-state index < -0.39 is 6.03 Å². The van der Waals surface area contributed by atoms with Gasteiger partial charge in [0, 0.05) is 24.8 Å². The Hall–Kier alpha value is -2.12. The number of thiazole rings is 1. The van der Waals surface area contributed by atoms with E-state index in [1.165, 1.54) is 4.90 Å². The number of amides is 3. The van der Waals surface area contributed by atoms with Gasteiger partial charge in [0.1, 0.15) is 4.88 Å². The van der Waals surface area contributed by atoms with E-state index in [0.29, 0.717) is 26.4 Å². The highest BCUT2D eigenvalue weighted by Gasteiger charge is 2.17. The fourth-order valence-corrected chi connectivity index (χ4v) is 2.85. The topological polar surface area (TPSA) is 74.3 Å². The molecule has 22 heavy (non-hydrogen) atoms. The number of aromatic nitrogens is 1. The third-order valence-electron chi connectivity index (χ3n) is 2.70. The number of urea groups is 1. The lowest BCUT2D eigenvalue weighted by Gasteiger charge is -2.07. The van der Waals surface area contributed by atoms with E-state index in [-0.39, 0.29) is 5.91 Å². The molecule has 116 valence electrons. The maximum absolute atomic E-state index is 11.9. The second kappa shape index (κ2) is 6.76. The molecule has 0 fully saturated rings. The van der Waals surface area contributed by atoms with E-state index in [1.54, 1.807) is 45.3 Å². The van der Waals surface area contributed by atoms with Crippen LogP contribution in [-0.2, 0) is 0 Å². The van der Waals surface area contributed by atoms with Gasteiger partial charge in [-0.2, -0.15) is 0 Å². The lowest BCUT2D eigenvalue weighted by atomic mass is 10.3. The largest absolute Gasteiger partial charge is 0.344 e. The quantitative estimate of drug-likeness (QED) is 0.900. The van der Waals surface area contributed by atoms with Gasteiger partial charge >= 0.3 is 6.03 Å². The lowest BCUT2D eigenvalue weighted by molar-refractivity contribution is 0.0831. The Morgan fingerprint density at radius 3 is 2.64 bits per heavy atom. The van der Waals surface area contributed by atoms with Gasteiger partial charge in [-0.25, -0.2) is 9.78 Å². The van der Waals surface area contributed by atoms with E-state index in [1.807, 2.05) is 0 Å². The van der Waals surface area contributed by atoms with E-state index in [0.717, 1.165) is 11.3 Å². The van der Waals surface area contributed by atoms with Crippen molar-refractivity contribution in [1.82, 2.24) is 9.88 Å². The van der Waals surface area contributed by atoms with E-state index in [2.05, 4.69) is 15.6 Å². The molecule has 0 unspecified atom stereocenters. The third-order valence-corrected chi connectivity index (χ3v) is 4.00. The van der Waals surface area contributed by atoms with E-state index in [4.69, 9.17) is 11.6 Å². The van der Waals surface area contributed by atoms with Crippen LogP contribution in [0.5, 0.6) is 0 Å². The summed E-state index contributed by atoms with van der Waals surface area (Å²) in [5.74, 6) is -0.140. The summed E-state index contributed by atoms with van der Waals surface area (Å²) in [5, 5.41) is 6.15. The Morgan fingerprint density at radius 2 is 2.00 bits per heavy atom. The molecule has 2 N–H and O–H groups in total. The Labute approximate surface area is 137 Å². The number of carbonyl (C=O) groups excluding carboxylic acids is 2. The zero-order valence-electron chi connectivity index (χ0n) is 12.3. The zero-order valence-corrected chi connectivity index (χ0v) is 13.9. The van der Waals surface area contributed by atoms with Crippen LogP contribution in [0.25, 0.3) is 0 Å². The van der Waals surface area contributed by atoms with Crippen molar-refractivity contribution in [3.05, 3.63) is 39.9 Å². The summed E-state index contributed by atoms with van der Waals surface area (Å²) in [4.78, 5) is 30.0. The van der Waals surface area contributed by atoms with Crippen LogP contribution in [0.4, 0.5) is 15.6 Å². The van der Waals surface area contributed by atoms with Crippen molar-refractivity contribution >= 4 is 45.7 Å². The van der Waals surface area contributed by atoms with Crippen molar-refractivity contribution in [3.63, 3.8) is 0 Å². The summed E-state index contributed by atoms with van der Waals surface area (Å²) >= 11 is 6.99. The van der Waals surface area contributed by atoms with Gasteiger partial charge in [-0.3, -0.25) is 10.1 Å². The number of hydrogen-bond donors (Lipinski definition) is 2. The summed E-state index contributed by atoms with van der Waals surface area (Å²) in [7, 11) is 3.33. The molecule has 3 amide bonds. The molecular formula is C14H15ClN4O2S. The second-order valence-electron chi connectivity index (χ2n) is 4.72. The van der Waals surface area contributed by atoms with Crippen LogP contribution in [-0.4, -0.2) is 35.9 Å². The minimum atomic E-state index is -0.445. The van der Waals surface area contributed by atoms with Gasteiger partial charge in [0.25, 0.3) is 5.91 Å². The average Bonchev–Trinajstić information content (AvgIpc) is 2.78. The number of nitrogens with one attached hydrogen (secondary N) is 2. The molecule has 8 heteroatoms. The Morgan fingerprint density at radius 1 is 1.27 bits per heavy atom. The summed E-state index contributed by atoms with van der Waals surface area (Å²) in [6.07, 6.45) is 0. The molecule has 0 radical (unpaired) electrons. The number of rotatable bonds is 3. The molecule has 0 aliphatic carbocycles. The van der Waals surface area contributed by atoms with Crippen molar-refractivity contribution in [2.75, 3.05) is 24.7 Å². The van der Waals surface area contributed by atoms with Crippen LogP contribution in [0.3, 0.4) is 0 Å². The van der Waals surface area contributed by atoms with E-state index in [9.17, 15) is 9.59 Å². The van der Waals surface area contributed by atoms with Gasteiger partial charge in [-0.05, 0) is 25.1 Å². The molecule has 1 heterocycles. The van der Waals surface area contributed by atoms with Crippen LogP contribution < -0.4 is 10.6 Å². The van der Waals surface area contributed by atoms with Crippen molar-refractivity contribution in [1.29, 1.82) is 0 Å². The maximum atomic E-state index is 11.9. The zero-order chi connectivity index (χ0) is 16.3. The summed E-state index contributed by atoms with van der Waals surface area (Å²) in [6, 6.07) is 6.36. The first kappa shape index (κ1) is 16.3. The third kappa shape index (κ3) is 3.96. The number of anilines is 2. The Kier molecular flexibility index (Phi) is 4.99. The molecular weight excluding hydrogens is 324 g/mol. The highest BCUT2D eigenvalue weighted by atomic mass is 35.5. The number of carbonyl (C=O) groups is 2. The molecule has 0 saturated heterocycles. The molecule has 0 saturated carbocycles. The van der Waals surface area contributed by atoms with Crippen molar-refractivity contribution in [2.45, 2.75) is 6.92 Å². The van der Waals surface area contributed by atoms with Crippen LogP contribution in [0.15, 0.2) is 24.3 Å². The fraction of sp³-hybridized carbons (Fsp3) is 0.214. The minimum Gasteiger partial charge on any atom is -0.344 e. The number of hydrogen-bond acceptors (Lipinski definition) is 4. The predicted octanol–water partition coefficient (Wildman–Crippen LogP) is 3.45. The van der Waals surface area contributed by atoms with Gasteiger partial charge in [-0.15, -0.1) is 0 Å². The first-order valence-corrected chi connectivity index (χ1v) is 7.59. The number of aryl methyl sites for hydroxylation is 1. The molecule has 6 nitrogen and oxygen atoms in total. The van der Waals surface area contributed by atoms with Crippen molar-refractivity contribution < 1.29 is 9.59 Å². The number of nitrogens with zero attached hydrogens (tertiary/aromatic N) is 2. The summed E-state index contributed by atoms with van der Waals surface area (Å²) < 4.78 is 0. The molecule has 0 bridgehead atoms. The van der Waals surface area contributed by atoms with Crippen LogP contribution in [0.1, 0.15) is 15.4 Å². The van der Waals surface area contributed by atoms with Crippen molar-refractivity contribution in [2.24, 2.45) is 0 Å². The highest BCUT2D eigenvalue weighted by Crippen LogP contribution is 2.24. The average molecular weight is 339 g/mol. The number of benzene rings is 1. The SMILES string of the molecule is Cc1nc(NC(=O)Nc2cccc(Cl)c2)sc1C(=O)N(C)C. The van der Waals surface area contributed by atoms with E-state index >= 15 is 0 Å². The monoisotopic (exact) mass is 338 g/mol. The lowest BCUT2D eigenvalue weighted by Crippen LogP contribution is -2.21. The van der Waals surface area contributed by atoms with Crippen molar-refractivity contribution in [3.8, 4) is 0 Å². The van der Waals surface area contributed by atoms with Crippen LogP contribution in [0, 0.1) is 6.92 Å². The number of halogens is 1. The Balaban J connectivity index is 2.06. The summed E-state index contributed by atoms with van der Waals surface area (Å²) in [6.45, 7) is 1.73. The first-order valence-electron chi connectivity index (χ1n) is 6.39. The summed E-state index contributed by atoms with van der Waals surface area (Å²) in [5.41, 5.74) is 1.16. The molecule has 1 aromatic carbocycles. The van der Waals surface area contributed by atoms with Gasteiger partial charge < -0.3 is 10.2 Å². The van der Waals surface area contributed by atoms with Gasteiger partial charge in [0.05, 0.1) is 5.69 Å².